The number of aromatic amines is 1. The number of H-pyrrole nitrogens is 1. The molecule has 0 bridgehead atoms. The number of nitrogens with one attached hydrogen (secondary N) is 1. The highest BCUT2D eigenvalue weighted by Crippen LogP contribution is 2.14. The summed E-state index contributed by atoms with van der Waals surface area (Å²) in [5.74, 6) is 0.439. The molecule has 1 amide bonds. The molecule has 2 aromatic heterocycles. The summed E-state index contributed by atoms with van der Waals surface area (Å²) in [6.07, 6.45) is 1.06. The van der Waals surface area contributed by atoms with E-state index in [1.165, 1.54) is 16.2 Å². The molecule has 2 heterocycles. The number of nitrogens with zero attached hydrogens (tertiary/aromatic N) is 2. The summed E-state index contributed by atoms with van der Waals surface area (Å²) in [5, 5.41) is 1.83. The second kappa shape index (κ2) is 6.15. The third-order valence-corrected chi connectivity index (χ3v) is 4.04. The summed E-state index contributed by atoms with van der Waals surface area (Å²) in [5.41, 5.74) is 6.28. The first-order valence-corrected chi connectivity index (χ1v) is 7.35. The number of hydrogen-bond donors (Lipinski definition) is 2. The summed E-state index contributed by atoms with van der Waals surface area (Å²) >= 11 is 1.36. The monoisotopic (exact) mass is 294 g/mol. The van der Waals surface area contributed by atoms with E-state index in [1.54, 1.807) is 13.1 Å². The second-order valence-corrected chi connectivity index (χ2v) is 5.69. The second-order valence-electron chi connectivity index (χ2n) is 4.77. The van der Waals surface area contributed by atoms with Crippen molar-refractivity contribution < 1.29 is 4.79 Å². The van der Waals surface area contributed by atoms with Crippen LogP contribution in [0.15, 0.2) is 16.2 Å². The Balaban J connectivity index is 2.11. The van der Waals surface area contributed by atoms with Gasteiger partial charge in [0, 0.05) is 19.5 Å². The molecule has 0 aliphatic heterocycles. The van der Waals surface area contributed by atoms with E-state index < -0.39 is 0 Å². The number of nitrogens with two attached hydrogens (primary N) is 1. The zero-order valence-corrected chi connectivity index (χ0v) is 12.4. The first-order valence-electron chi connectivity index (χ1n) is 6.47. The average molecular weight is 294 g/mol. The van der Waals surface area contributed by atoms with E-state index in [9.17, 15) is 9.59 Å². The minimum Gasteiger partial charge on any atom is -0.338 e. The number of carbonyl (C=O) groups is 1. The molecule has 0 saturated carbocycles. The van der Waals surface area contributed by atoms with Crippen LogP contribution in [-0.2, 0) is 11.3 Å². The van der Waals surface area contributed by atoms with Crippen molar-refractivity contribution in [2.24, 2.45) is 5.73 Å². The molecule has 0 aliphatic rings. The summed E-state index contributed by atoms with van der Waals surface area (Å²) in [7, 11) is 1.68. The molecule has 6 nitrogen and oxygen atoms in total. The van der Waals surface area contributed by atoms with Crippen LogP contribution < -0.4 is 11.3 Å². The molecule has 20 heavy (non-hydrogen) atoms. The Bertz CT molecular complexity index is 664. The van der Waals surface area contributed by atoms with Crippen LogP contribution in [0.25, 0.3) is 10.2 Å². The molecule has 3 N–H and O–H groups in total. The maximum atomic E-state index is 11.9. The Morgan fingerprint density at radius 3 is 3.05 bits per heavy atom. The lowest BCUT2D eigenvalue weighted by molar-refractivity contribution is -0.130. The largest absolute Gasteiger partial charge is 0.338 e. The quantitative estimate of drug-likeness (QED) is 0.862. The van der Waals surface area contributed by atoms with Gasteiger partial charge in [0.2, 0.25) is 5.91 Å². The standard InChI is InChI=1S/C13H18N4O2S/c1-3-8(14)6-11(18)17(2)7-10-15-9-4-5-20-12(9)13(19)16-10/h4-5,8H,3,6-7,14H2,1-2H3,(H,15,16,19). The molecular weight excluding hydrogens is 276 g/mol. The molecule has 0 spiro atoms. The number of fused-ring (bicyclic) bond motifs is 1. The van der Waals surface area contributed by atoms with Gasteiger partial charge in [-0.2, -0.15) is 0 Å². The highest BCUT2D eigenvalue weighted by atomic mass is 32.1. The Morgan fingerprint density at radius 2 is 2.35 bits per heavy atom. The maximum absolute atomic E-state index is 11.9. The highest BCUT2D eigenvalue weighted by molar-refractivity contribution is 7.17. The predicted octanol–water partition coefficient (Wildman–Crippen LogP) is 1.07. The molecule has 0 aliphatic carbocycles. The summed E-state index contributed by atoms with van der Waals surface area (Å²) in [6, 6.07) is 1.67. The SMILES string of the molecule is CCC(N)CC(=O)N(C)Cc1nc2ccsc2c(=O)[nH]1. The van der Waals surface area contributed by atoms with E-state index in [0.29, 0.717) is 22.5 Å². The van der Waals surface area contributed by atoms with Crippen LogP contribution in [0.1, 0.15) is 25.6 Å². The fourth-order valence-corrected chi connectivity index (χ4v) is 2.56. The molecule has 2 aromatic rings. The highest BCUT2D eigenvalue weighted by Gasteiger charge is 2.14. The molecule has 0 aromatic carbocycles. The van der Waals surface area contributed by atoms with Crippen molar-refractivity contribution in [3.63, 3.8) is 0 Å². The van der Waals surface area contributed by atoms with Gasteiger partial charge in [-0.3, -0.25) is 9.59 Å². The van der Waals surface area contributed by atoms with Crippen molar-refractivity contribution in [3.8, 4) is 0 Å². The number of aromatic nitrogens is 2. The van der Waals surface area contributed by atoms with Crippen LogP contribution in [0, 0.1) is 0 Å². The Kier molecular flexibility index (Phi) is 4.51. The first-order chi connectivity index (χ1) is 9.51. The number of hydrogen-bond acceptors (Lipinski definition) is 5. The van der Waals surface area contributed by atoms with E-state index in [4.69, 9.17) is 5.73 Å². The van der Waals surface area contributed by atoms with Gasteiger partial charge in [-0.05, 0) is 17.9 Å². The van der Waals surface area contributed by atoms with Crippen LogP contribution in [-0.4, -0.2) is 33.9 Å². The number of rotatable bonds is 5. The summed E-state index contributed by atoms with van der Waals surface area (Å²) in [4.78, 5) is 32.4. The zero-order chi connectivity index (χ0) is 14.7. The van der Waals surface area contributed by atoms with E-state index >= 15 is 0 Å². The minimum atomic E-state index is -0.161. The Labute approximate surface area is 120 Å². The molecule has 7 heteroatoms. The van der Waals surface area contributed by atoms with Crippen LogP contribution in [0.4, 0.5) is 0 Å². The summed E-state index contributed by atoms with van der Waals surface area (Å²) in [6.45, 7) is 2.22. The van der Waals surface area contributed by atoms with Gasteiger partial charge in [-0.1, -0.05) is 6.92 Å². The zero-order valence-electron chi connectivity index (χ0n) is 11.5. The summed E-state index contributed by atoms with van der Waals surface area (Å²) < 4.78 is 0.607. The minimum absolute atomic E-state index is 0.0487. The van der Waals surface area contributed by atoms with E-state index in [1.807, 2.05) is 12.3 Å². The molecule has 0 fully saturated rings. The molecule has 1 atom stereocenters. The Morgan fingerprint density at radius 1 is 1.60 bits per heavy atom. The molecule has 0 saturated heterocycles. The molecule has 108 valence electrons. The maximum Gasteiger partial charge on any atom is 0.268 e. The average Bonchev–Trinajstić information content (AvgIpc) is 2.87. The third kappa shape index (κ3) is 3.23. The lowest BCUT2D eigenvalue weighted by Crippen LogP contribution is -2.33. The fraction of sp³-hybridized carbons (Fsp3) is 0.462. The van der Waals surface area contributed by atoms with Crippen molar-refractivity contribution in [1.29, 1.82) is 0 Å². The topological polar surface area (TPSA) is 92.1 Å². The van der Waals surface area contributed by atoms with Gasteiger partial charge < -0.3 is 15.6 Å². The van der Waals surface area contributed by atoms with E-state index in [0.717, 1.165) is 6.42 Å². The van der Waals surface area contributed by atoms with Crippen LogP contribution in [0.5, 0.6) is 0 Å². The first kappa shape index (κ1) is 14.7. The van der Waals surface area contributed by atoms with Crippen LogP contribution in [0.2, 0.25) is 0 Å². The van der Waals surface area contributed by atoms with Crippen LogP contribution >= 0.6 is 11.3 Å². The number of amides is 1. The van der Waals surface area contributed by atoms with Gasteiger partial charge in [0.15, 0.2) is 0 Å². The van der Waals surface area contributed by atoms with Gasteiger partial charge in [-0.25, -0.2) is 4.98 Å². The Hall–Kier alpha value is -1.73. The van der Waals surface area contributed by atoms with Crippen molar-refractivity contribution in [2.45, 2.75) is 32.4 Å². The predicted molar refractivity (Wildman–Crippen MR) is 79.6 cm³/mol. The number of thiophene rings is 1. The van der Waals surface area contributed by atoms with Crippen molar-refractivity contribution in [3.05, 3.63) is 27.6 Å². The van der Waals surface area contributed by atoms with Gasteiger partial charge in [0.25, 0.3) is 5.56 Å². The van der Waals surface area contributed by atoms with Crippen LogP contribution in [0.3, 0.4) is 0 Å². The van der Waals surface area contributed by atoms with Crippen molar-refractivity contribution in [1.82, 2.24) is 14.9 Å². The fourth-order valence-electron chi connectivity index (χ4n) is 1.83. The molecule has 0 radical (unpaired) electrons. The van der Waals surface area contributed by atoms with Gasteiger partial charge in [-0.15, -0.1) is 11.3 Å². The molecule has 2 rings (SSSR count). The lowest BCUT2D eigenvalue weighted by Gasteiger charge is -2.18. The van der Waals surface area contributed by atoms with Gasteiger partial charge >= 0.3 is 0 Å². The van der Waals surface area contributed by atoms with Gasteiger partial charge in [0.05, 0.1) is 12.1 Å². The van der Waals surface area contributed by atoms with E-state index in [2.05, 4.69) is 9.97 Å². The third-order valence-electron chi connectivity index (χ3n) is 3.14. The van der Waals surface area contributed by atoms with Crippen molar-refractivity contribution >= 4 is 27.5 Å². The normalized spacial score (nSPS) is 12.6. The smallest absolute Gasteiger partial charge is 0.268 e. The molecule has 1 unspecified atom stereocenters. The number of carbonyl (C=O) groups excluding carboxylic acids is 1. The van der Waals surface area contributed by atoms with Gasteiger partial charge in [0.1, 0.15) is 10.5 Å². The molecular formula is C13H18N4O2S. The lowest BCUT2D eigenvalue weighted by atomic mass is 10.1. The van der Waals surface area contributed by atoms with E-state index in [-0.39, 0.29) is 24.1 Å². The van der Waals surface area contributed by atoms with Crippen molar-refractivity contribution in [2.75, 3.05) is 7.05 Å².